The van der Waals surface area contributed by atoms with E-state index in [1.54, 1.807) is 23.5 Å². The number of anilines is 2. The van der Waals surface area contributed by atoms with Crippen molar-refractivity contribution in [3.05, 3.63) is 42.5 Å². The van der Waals surface area contributed by atoms with Crippen LogP contribution in [0.25, 0.3) is 0 Å². The Balaban J connectivity index is 0.000000360. The first-order chi connectivity index (χ1) is 15.1. The highest BCUT2D eigenvalue weighted by Gasteiger charge is 2.44. The van der Waals surface area contributed by atoms with E-state index in [-0.39, 0.29) is 12.5 Å². The average molecular weight is 457 g/mol. The summed E-state index contributed by atoms with van der Waals surface area (Å²) < 4.78 is 48.7. The van der Waals surface area contributed by atoms with Crippen molar-refractivity contribution in [1.29, 1.82) is 0 Å². The van der Waals surface area contributed by atoms with Gasteiger partial charge in [0, 0.05) is 18.3 Å². The van der Waals surface area contributed by atoms with Crippen LogP contribution in [0.5, 0.6) is 0 Å². The zero-order chi connectivity index (χ0) is 23.4. The predicted molar refractivity (Wildman–Crippen MR) is 105 cm³/mol. The van der Waals surface area contributed by atoms with E-state index in [4.69, 9.17) is 23.8 Å². The van der Waals surface area contributed by atoms with E-state index in [2.05, 4.69) is 9.88 Å². The molecule has 1 atom stereocenters. The average Bonchev–Trinajstić information content (AvgIpc) is 3.19. The summed E-state index contributed by atoms with van der Waals surface area (Å²) in [6.45, 7) is 4.82. The van der Waals surface area contributed by atoms with Crippen LogP contribution in [0.1, 0.15) is 5.69 Å². The van der Waals surface area contributed by atoms with E-state index in [9.17, 15) is 18.0 Å². The zero-order valence-corrected chi connectivity index (χ0v) is 17.2. The van der Waals surface area contributed by atoms with Crippen molar-refractivity contribution in [2.75, 3.05) is 49.3 Å². The van der Waals surface area contributed by atoms with E-state index in [0.717, 1.165) is 23.7 Å². The first-order valence-electron chi connectivity index (χ1n) is 9.63. The summed E-state index contributed by atoms with van der Waals surface area (Å²) in [7, 11) is 0. The topological polar surface area (TPSA) is 105 Å². The standard InChI is InChI=1S/C18H21N3O4.C2HF3O2/c1-14-3-2-4-16(19-14)20-6-8-24-13-18(11-20)12-21(17(22)10-25-18)15-5-7-23-9-15;3-2(4,5)1(6)7/h2-5,7,9H,6,8,10-13H2,1H3;(H,6,7). The van der Waals surface area contributed by atoms with Crippen LogP contribution in [0.2, 0.25) is 0 Å². The summed E-state index contributed by atoms with van der Waals surface area (Å²) in [5.41, 5.74) is 1.13. The van der Waals surface area contributed by atoms with Gasteiger partial charge in [-0.15, -0.1) is 0 Å². The van der Waals surface area contributed by atoms with Gasteiger partial charge in [0.15, 0.2) is 0 Å². The molecule has 2 aromatic rings. The Morgan fingerprint density at radius 2 is 2.00 bits per heavy atom. The fourth-order valence-corrected chi connectivity index (χ4v) is 3.35. The molecule has 0 bridgehead atoms. The van der Waals surface area contributed by atoms with E-state index in [1.165, 1.54) is 0 Å². The molecule has 1 unspecified atom stereocenters. The van der Waals surface area contributed by atoms with Gasteiger partial charge in [0.25, 0.3) is 5.91 Å². The van der Waals surface area contributed by atoms with E-state index < -0.39 is 17.7 Å². The number of nitrogens with zero attached hydrogens (tertiary/aromatic N) is 3. The summed E-state index contributed by atoms with van der Waals surface area (Å²) in [4.78, 5) is 29.7. The molecule has 0 saturated carbocycles. The largest absolute Gasteiger partial charge is 0.490 e. The summed E-state index contributed by atoms with van der Waals surface area (Å²) in [5.74, 6) is -1.93. The van der Waals surface area contributed by atoms with Crippen LogP contribution in [0, 0.1) is 6.92 Å². The molecule has 12 heteroatoms. The quantitative estimate of drug-likeness (QED) is 0.732. The van der Waals surface area contributed by atoms with Crippen LogP contribution in [-0.4, -0.2) is 73.2 Å². The second kappa shape index (κ2) is 9.57. The monoisotopic (exact) mass is 457 g/mol. The second-order valence-electron chi connectivity index (χ2n) is 7.35. The van der Waals surface area contributed by atoms with E-state index >= 15 is 0 Å². The highest BCUT2D eigenvalue weighted by atomic mass is 19.4. The smallest absolute Gasteiger partial charge is 0.475 e. The molecule has 174 valence electrons. The van der Waals surface area contributed by atoms with Gasteiger partial charge >= 0.3 is 12.1 Å². The number of halogens is 3. The number of rotatable bonds is 2. The number of pyridine rings is 1. The molecule has 32 heavy (non-hydrogen) atoms. The Bertz CT molecular complexity index is 937. The van der Waals surface area contributed by atoms with Crippen molar-refractivity contribution in [2.45, 2.75) is 18.7 Å². The number of hydrogen-bond acceptors (Lipinski definition) is 7. The van der Waals surface area contributed by atoms with Crippen molar-refractivity contribution in [2.24, 2.45) is 0 Å². The third-order valence-corrected chi connectivity index (χ3v) is 4.86. The lowest BCUT2D eigenvalue weighted by Gasteiger charge is -2.42. The molecule has 9 nitrogen and oxygen atoms in total. The van der Waals surface area contributed by atoms with Gasteiger partial charge in [0.1, 0.15) is 24.3 Å². The molecule has 1 amide bonds. The number of alkyl halides is 3. The lowest BCUT2D eigenvalue weighted by Crippen LogP contribution is -2.61. The van der Waals surface area contributed by atoms with Gasteiger partial charge in [-0.2, -0.15) is 13.2 Å². The van der Waals surface area contributed by atoms with Gasteiger partial charge < -0.3 is 28.8 Å². The molecule has 0 radical (unpaired) electrons. The Labute approximate surface area is 181 Å². The van der Waals surface area contributed by atoms with Gasteiger partial charge in [0.05, 0.1) is 38.3 Å². The first kappa shape index (κ1) is 23.5. The normalized spacial score (nSPS) is 21.7. The minimum atomic E-state index is -5.08. The lowest BCUT2D eigenvalue weighted by molar-refractivity contribution is -0.192. The third-order valence-electron chi connectivity index (χ3n) is 4.86. The van der Waals surface area contributed by atoms with E-state index in [0.29, 0.717) is 26.3 Å². The lowest BCUT2D eigenvalue weighted by atomic mass is 10.0. The van der Waals surface area contributed by atoms with Crippen LogP contribution >= 0.6 is 0 Å². The Morgan fingerprint density at radius 3 is 2.62 bits per heavy atom. The summed E-state index contributed by atoms with van der Waals surface area (Å²) in [6, 6.07) is 7.76. The maximum Gasteiger partial charge on any atom is 0.490 e. The van der Waals surface area contributed by atoms with Crippen molar-refractivity contribution in [1.82, 2.24) is 4.98 Å². The number of ether oxygens (including phenoxy) is 2. The number of carboxylic acid groups (broad SMARTS) is 1. The molecule has 4 rings (SSSR count). The summed E-state index contributed by atoms with van der Waals surface area (Å²) >= 11 is 0. The van der Waals surface area contributed by atoms with Gasteiger partial charge in [-0.05, 0) is 19.1 Å². The molecule has 2 aliphatic heterocycles. The maximum atomic E-state index is 12.3. The summed E-state index contributed by atoms with van der Waals surface area (Å²) in [6.07, 6.45) is -1.94. The fraction of sp³-hybridized carbons (Fsp3) is 0.450. The number of carbonyl (C=O) groups is 2. The summed E-state index contributed by atoms with van der Waals surface area (Å²) in [5, 5.41) is 7.12. The highest BCUT2D eigenvalue weighted by Crippen LogP contribution is 2.29. The van der Waals surface area contributed by atoms with Gasteiger partial charge in [-0.1, -0.05) is 6.07 Å². The van der Waals surface area contributed by atoms with Crippen molar-refractivity contribution in [3.63, 3.8) is 0 Å². The number of carbonyl (C=O) groups excluding carboxylic acids is 1. The molecule has 4 heterocycles. The van der Waals surface area contributed by atoms with Crippen LogP contribution < -0.4 is 9.80 Å². The van der Waals surface area contributed by atoms with Crippen molar-refractivity contribution in [3.8, 4) is 0 Å². The molecular weight excluding hydrogens is 435 g/mol. The first-order valence-corrected chi connectivity index (χ1v) is 9.63. The van der Waals surface area contributed by atoms with Gasteiger partial charge in [-0.3, -0.25) is 4.79 Å². The van der Waals surface area contributed by atoms with Crippen LogP contribution in [0.4, 0.5) is 24.7 Å². The molecule has 2 fully saturated rings. The van der Waals surface area contributed by atoms with Gasteiger partial charge in [0.2, 0.25) is 0 Å². The Kier molecular flexibility index (Phi) is 7.04. The molecule has 2 aliphatic rings. The Morgan fingerprint density at radius 1 is 1.25 bits per heavy atom. The van der Waals surface area contributed by atoms with Crippen molar-refractivity contribution < 1.29 is 41.8 Å². The minimum Gasteiger partial charge on any atom is -0.475 e. The number of amides is 1. The van der Waals surface area contributed by atoms with E-state index in [1.807, 2.05) is 25.1 Å². The Hall–Kier alpha value is -3.12. The maximum absolute atomic E-state index is 12.3. The predicted octanol–water partition coefficient (Wildman–Crippen LogP) is 2.26. The number of carboxylic acids is 1. The minimum absolute atomic E-state index is 0.0314. The van der Waals surface area contributed by atoms with Crippen LogP contribution in [0.3, 0.4) is 0 Å². The molecule has 1 N–H and O–H groups in total. The highest BCUT2D eigenvalue weighted by molar-refractivity contribution is 5.95. The van der Waals surface area contributed by atoms with Crippen LogP contribution in [0.15, 0.2) is 41.2 Å². The number of hydrogen-bond donors (Lipinski definition) is 1. The third kappa shape index (κ3) is 5.77. The molecular formula is C20H22F3N3O6. The van der Waals surface area contributed by atoms with Crippen LogP contribution in [-0.2, 0) is 19.1 Å². The molecule has 2 aromatic heterocycles. The molecule has 2 saturated heterocycles. The van der Waals surface area contributed by atoms with Gasteiger partial charge in [-0.25, -0.2) is 9.78 Å². The fourth-order valence-electron chi connectivity index (χ4n) is 3.35. The number of aliphatic carboxylic acids is 1. The number of aryl methyl sites for hydroxylation is 1. The SMILES string of the molecule is Cc1cccc(N2CCOCC3(C2)CN(c2ccoc2)C(=O)CO3)n1.O=C(O)C(F)(F)F. The molecule has 1 spiro atoms. The number of morpholine rings is 1. The van der Waals surface area contributed by atoms with Crippen molar-refractivity contribution >= 4 is 23.4 Å². The zero-order valence-electron chi connectivity index (χ0n) is 17.2. The molecule has 0 aromatic carbocycles. The second-order valence-corrected chi connectivity index (χ2v) is 7.35. The molecule has 0 aliphatic carbocycles. The number of furan rings is 1. The number of aromatic nitrogens is 1.